The van der Waals surface area contributed by atoms with Crippen molar-refractivity contribution in [2.24, 2.45) is 5.92 Å². The molecule has 0 saturated carbocycles. The number of para-hydroxylation sites is 1. The Morgan fingerprint density at radius 3 is 2.66 bits per heavy atom. The van der Waals surface area contributed by atoms with E-state index in [4.69, 9.17) is 4.74 Å². The lowest BCUT2D eigenvalue weighted by molar-refractivity contribution is -0.142. The summed E-state index contributed by atoms with van der Waals surface area (Å²) in [6.07, 6.45) is 3.46. The number of fused-ring (bicyclic) bond motifs is 1. The van der Waals surface area contributed by atoms with Gasteiger partial charge in [-0.1, -0.05) is 49.4 Å². The van der Waals surface area contributed by atoms with Crippen LogP contribution in [0.3, 0.4) is 0 Å². The number of benzene rings is 2. The third-order valence-corrected chi connectivity index (χ3v) is 9.24. The third kappa shape index (κ3) is 5.91. The maximum absolute atomic E-state index is 13.7. The minimum absolute atomic E-state index is 0.169. The van der Waals surface area contributed by atoms with Crippen LogP contribution in [0, 0.1) is 12.8 Å². The highest BCUT2D eigenvalue weighted by molar-refractivity contribution is 7.89. The quantitative estimate of drug-likeness (QED) is 0.405. The molecule has 3 aromatic rings. The first-order chi connectivity index (χ1) is 18.1. The molecule has 0 amide bonds. The molecule has 2 aromatic carbocycles. The lowest BCUT2D eigenvalue weighted by Crippen LogP contribution is -2.36. The molecule has 1 aromatic heterocycles. The fourth-order valence-electron chi connectivity index (χ4n) is 4.87. The first kappa shape index (κ1) is 27.8. The molecule has 10 heteroatoms. The second-order valence-corrected chi connectivity index (χ2v) is 11.8. The lowest BCUT2D eigenvalue weighted by atomic mass is 9.82. The molecule has 0 saturated heterocycles. The van der Waals surface area contributed by atoms with E-state index in [2.05, 4.69) is 10.3 Å². The number of aromatic nitrogens is 3. The number of aliphatic carboxylic acids is 1. The van der Waals surface area contributed by atoms with Gasteiger partial charge in [0.15, 0.2) is 0 Å². The SMILES string of the molecule is CC[C@@H]1CN(Cc2cc(C(CCc3cn(CC)nn3)C(C)C(=O)O)ccc2C)S(=O)(=O)c2ccccc2O1. The van der Waals surface area contributed by atoms with Crippen molar-refractivity contribution in [3.63, 3.8) is 0 Å². The van der Waals surface area contributed by atoms with Crippen LogP contribution in [-0.2, 0) is 34.3 Å². The molecule has 0 bridgehead atoms. The van der Waals surface area contributed by atoms with Gasteiger partial charge in [-0.15, -0.1) is 5.10 Å². The van der Waals surface area contributed by atoms with E-state index in [9.17, 15) is 18.3 Å². The Balaban J connectivity index is 1.65. The molecular formula is C28H36N4O5S. The van der Waals surface area contributed by atoms with Gasteiger partial charge < -0.3 is 9.84 Å². The van der Waals surface area contributed by atoms with E-state index in [1.807, 2.05) is 45.2 Å². The van der Waals surface area contributed by atoms with Crippen molar-refractivity contribution >= 4 is 16.0 Å². The van der Waals surface area contributed by atoms with E-state index in [-0.39, 0.29) is 30.0 Å². The highest BCUT2D eigenvalue weighted by atomic mass is 32.2. The van der Waals surface area contributed by atoms with Gasteiger partial charge in [-0.05, 0) is 67.9 Å². The molecule has 9 nitrogen and oxygen atoms in total. The number of carboxylic acid groups (broad SMARTS) is 1. The summed E-state index contributed by atoms with van der Waals surface area (Å²) in [6.45, 7) is 8.76. The summed E-state index contributed by atoms with van der Waals surface area (Å²) in [6, 6.07) is 12.6. The topological polar surface area (TPSA) is 115 Å². The minimum Gasteiger partial charge on any atom is -0.488 e. The van der Waals surface area contributed by atoms with Gasteiger partial charge in [0.05, 0.1) is 18.2 Å². The molecule has 3 atom stereocenters. The molecule has 1 aliphatic heterocycles. The maximum Gasteiger partial charge on any atom is 0.306 e. The van der Waals surface area contributed by atoms with E-state index in [1.165, 1.54) is 4.31 Å². The van der Waals surface area contributed by atoms with Crippen LogP contribution in [0.15, 0.2) is 53.6 Å². The van der Waals surface area contributed by atoms with Crippen LogP contribution in [0.5, 0.6) is 5.75 Å². The number of aryl methyl sites for hydroxylation is 3. The molecule has 1 N–H and O–H groups in total. The van der Waals surface area contributed by atoms with Gasteiger partial charge in [0.25, 0.3) is 0 Å². The van der Waals surface area contributed by atoms with Crippen LogP contribution >= 0.6 is 0 Å². The number of carbonyl (C=O) groups is 1. The van der Waals surface area contributed by atoms with Crippen LogP contribution in [0.4, 0.5) is 0 Å². The number of hydrogen-bond donors (Lipinski definition) is 1. The average Bonchev–Trinajstić information content (AvgIpc) is 3.33. The summed E-state index contributed by atoms with van der Waals surface area (Å²) >= 11 is 0. The second kappa shape index (κ2) is 11.7. The standard InChI is InChI=1S/C28H36N4O5S/c1-5-24-18-32(38(35,36)27-10-8-7-9-26(27)37-24)16-22-15-21(12-11-19(22)3)25(20(4)28(33)34)14-13-23-17-31(6-2)30-29-23/h7-12,15,17,20,24-25H,5-6,13-14,16,18H2,1-4H3,(H,33,34)/t20?,24-,25?/m1/s1. The minimum atomic E-state index is -3.79. The molecule has 38 heavy (non-hydrogen) atoms. The molecule has 0 fully saturated rings. The van der Waals surface area contributed by atoms with Crippen LogP contribution < -0.4 is 4.74 Å². The largest absolute Gasteiger partial charge is 0.488 e. The third-order valence-electron chi connectivity index (χ3n) is 7.39. The zero-order valence-corrected chi connectivity index (χ0v) is 23.2. The summed E-state index contributed by atoms with van der Waals surface area (Å²) < 4.78 is 36.6. The van der Waals surface area contributed by atoms with Crippen molar-refractivity contribution in [1.29, 1.82) is 0 Å². The smallest absolute Gasteiger partial charge is 0.306 e. The molecule has 4 rings (SSSR count). The Kier molecular flexibility index (Phi) is 8.52. The lowest BCUT2D eigenvalue weighted by Gasteiger charge is -2.25. The van der Waals surface area contributed by atoms with Gasteiger partial charge >= 0.3 is 5.97 Å². The van der Waals surface area contributed by atoms with Gasteiger partial charge in [0.1, 0.15) is 16.7 Å². The van der Waals surface area contributed by atoms with Gasteiger partial charge in [0, 0.05) is 19.3 Å². The Morgan fingerprint density at radius 1 is 1.21 bits per heavy atom. The van der Waals surface area contributed by atoms with Gasteiger partial charge in [-0.2, -0.15) is 4.31 Å². The highest BCUT2D eigenvalue weighted by Crippen LogP contribution is 2.35. The van der Waals surface area contributed by atoms with Gasteiger partial charge in [-0.25, -0.2) is 8.42 Å². The zero-order chi connectivity index (χ0) is 27.4. The molecule has 1 aliphatic rings. The zero-order valence-electron chi connectivity index (χ0n) is 22.4. The number of rotatable bonds is 10. The summed E-state index contributed by atoms with van der Waals surface area (Å²) in [5.74, 6) is -1.39. The van der Waals surface area contributed by atoms with Crippen LogP contribution in [0.2, 0.25) is 0 Å². The van der Waals surface area contributed by atoms with Crippen LogP contribution in [0.25, 0.3) is 0 Å². The molecule has 0 radical (unpaired) electrons. The summed E-state index contributed by atoms with van der Waals surface area (Å²) in [7, 11) is -3.79. The number of nitrogens with zero attached hydrogens (tertiary/aromatic N) is 4. The maximum atomic E-state index is 13.7. The fraction of sp³-hybridized carbons (Fsp3) is 0.464. The summed E-state index contributed by atoms with van der Waals surface area (Å²) in [4.78, 5) is 12.2. The number of ether oxygens (including phenoxy) is 1. The van der Waals surface area contributed by atoms with E-state index < -0.39 is 21.9 Å². The second-order valence-electron chi connectivity index (χ2n) is 9.92. The van der Waals surface area contributed by atoms with Crippen molar-refractivity contribution in [2.45, 2.75) is 77.0 Å². The molecular weight excluding hydrogens is 504 g/mol. The molecule has 0 spiro atoms. The predicted molar refractivity (Wildman–Crippen MR) is 143 cm³/mol. The van der Waals surface area contributed by atoms with Gasteiger partial charge in [0.2, 0.25) is 10.0 Å². The van der Waals surface area contributed by atoms with E-state index in [0.29, 0.717) is 25.0 Å². The Morgan fingerprint density at radius 2 is 1.97 bits per heavy atom. The van der Waals surface area contributed by atoms with E-state index in [1.54, 1.807) is 35.9 Å². The highest BCUT2D eigenvalue weighted by Gasteiger charge is 2.34. The first-order valence-corrected chi connectivity index (χ1v) is 14.5. The number of carboxylic acids is 1. The average molecular weight is 541 g/mol. The molecule has 2 heterocycles. The summed E-state index contributed by atoms with van der Waals surface area (Å²) in [5, 5.41) is 18.1. The molecule has 204 valence electrons. The van der Waals surface area contributed by atoms with E-state index >= 15 is 0 Å². The van der Waals surface area contributed by atoms with Crippen LogP contribution in [-0.4, -0.2) is 51.4 Å². The van der Waals surface area contributed by atoms with Crippen molar-refractivity contribution in [2.75, 3.05) is 6.54 Å². The Bertz CT molecular complexity index is 1390. The van der Waals surface area contributed by atoms with Crippen molar-refractivity contribution in [3.05, 3.63) is 71.0 Å². The Labute approximate surface area is 224 Å². The summed E-state index contributed by atoms with van der Waals surface area (Å²) in [5.41, 5.74) is 3.49. The number of sulfonamides is 1. The van der Waals surface area contributed by atoms with E-state index in [0.717, 1.165) is 28.9 Å². The van der Waals surface area contributed by atoms with Crippen molar-refractivity contribution in [1.82, 2.24) is 19.3 Å². The van der Waals surface area contributed by atoms with Gasteiger partial charge in [-0.3, -0.25) is 9.48 Å². The fourth-order valence-corrected chi connectivity index (χ4v) is 6.45. The first-order valence-electron chi connectivity index (χ1n) is 13.1. The predicted octanol–water partition coefficient (Wildman–Crippen LogP) is 4.41. The molecule has 2 unspecified atom stereocenters. The number of hydrogen-bond acceptors (Lipinski definition) is 6. The Hall–Kier alpha value is -3.24. The monoisotopic (exact) mass is 540 g/mol. The molecule has 0 aliphatic carbocycles. The normalized spacial score (nSPS) is 18.7. The van der Waals surface area contributed by atoms with Crippen LogP contribution in [0.1, 0.15) is 61.9 Å². The van der Waals surface area contributed by atoms with Crippen molar-refractivity contribution < 1.29 is 23.1 Å². The van der Waals surface area contributed by atoms with Crippen molar-refractivity contribution in [3.8, 4) is 5.75 Å².